The Morgan fingerprint density at radius 2 is 2.11 bits per heavy atom. The molecule has 1 aliphatic carbocycles. The van der Waals surface area contributed by atoms with Gasteiger partial charge >= 0.3 is 0 Å². The van der Waals surface area contributed by atoms with Gasteiger partial charge in [-0.3, -0.25) is 0 Å². The highest BCUT2D eigenvalue weighted by Crippen LogP contribution is 2.31. The SMILES string of the molecule is O=S(=O)(CC1CCCN1)N1CCOC2CCCC21. The highest BCUT2D eigenvalue weighted by atomic mass is 32.2. The Labute approximate surface area is 109 Å². The molecule has 1 saturated carbocycles. The van der Waals surface area contributed by atoms with Crippen LogP contribution in [0.25, 0.3) is 0 Å². The quantitative estimate of drug-likeness (QED) is 0.805. The van der Waals surface area contributed by atoms with Crippen molar-refractivity contribution in [3.05, 3.63) is 0 Å². The van der Waals surface area contributed by atoms with Crippen molar-refractivity contribution in [1.82, 2.24) is 9.62 Å². The van der Waals surface area contributed by atoms with Crippen LogP contribution in [0.1, 0.15) is 32.1 Å². The van der Waals surface area contributed by atoms with Crippen molar-refractivity contribution >= 4 is 10.0 Å². The molecule has 3 aliphatic rings. The fourth-order valence-electron chi connectivity index (χ4n) is 3.48. The number of sulfonamides is 1. The molecule has 5 nitrogen and oxygen atoms in total. The lowest BCUT2D eigenvalue weighted by Gasteiger charge is -2.37. The molecule has 1 N–H and O–H groups in total. The van der Waals surface area contributed by atoms with Crippen LogP contribution in [0.4, 0.5) is 0 Å². The minimum Gasteiger partial charge on any atom is -0.375 e. The molecule has 2 heterocycles. The van der Waals surface area contributed by atoms with E-state index in [1.54, 1.807) is 4.31 Å². The molecule has 3 atom stereocenters. The van der Waals surface area contributed by atoms with Crippen LogP contribution in [0.5, 0.6) is 0 Å². The first-order valence-corrected chi connectivity index (χ1v) is 8.62. The zero-order chi connectivity index (χ0) is 12.6. The summed E-state index contributed by atoms with van der Waals surface area (Å²) < 4.78 is 32.4. The van der Waals surface area contributed by atoms with Crippen LogP contribution in [-0.4, -0.2) is 56.4 Å². The molecule has 0 amide bonds. The van der Waals surface area contributed by atoms with Gasteiger partial charge in [0.1, 0.15) is 0 Å². The minimum atomic E-state index is -3.13. The molecule has 0 aromatic rings. The second-order valence-electron chi connectivity index (χ2n) is 5.59. The molecule has 0 spiro atoms. The highest BCUT2D eigenvalue weighted by Gasteiger charge is 2.42. The number of ether oxygens (including phenoxy) is 1. The van der Waals surface area contributed by atoms with Crippen LogP contribution in [0.2, 0.25) is 0 Å². The minimum absolute atomic E-state index is 0.102. The fourth-order valence-corrected chi connectivity index (χ4v) is 5.48. The van der Waals surface area contributed by atoms with E-state index in [-0.39, 0.29) is 23.9 Å². The Morgan fingerprint density at radius 3 is 2.89 bits per heavy atom. The average molecular weight is 274 g/mol. The number of nitrogens with zero attached hydrogens (tertiary/aromatic N) is 1. The van der Waals surface area contributed by atoms with Crippen LogP contribution < -0.4 is 5.32 Å². The Morgan fingerprint density at radius 1 is 1.22 bits per heavy atom. The lowest BCUT2D eigenvalue weighted by Crippen LogP contribution is -2.53. The smallest absolute Gasteiger partial charge is 0.216 e. The normalized spacial score (nSPS) is 37.9. The first kappa shape index (κ1) is 12.8. The number of hydrogen-bond donors (Lipinski definition) is 1. The number of hydrogen-bond acceptors (Lipinski definition) is 4. The van der Waals surface area contributed by atoms with Gasteiger partial charge in [0.05, 0.1) is 24.5 Å². The van der Waals surface area contributed by atoms with E-state index in [0.29, 0.717) is 13.2 Å². The van der Waals surface area contributed by atoms with Gasteiger partial charge in [0.2, 0.25) is 10.0 Å². The van der Waals surface area contributed by atoms with Gasteiger partial charge in [0.25, 0.3) is 0 Å². The number of rotatable bonds is 3. The van der Waals surface area contributed by atoms with Gasteiger partial charge in [-0.15, -0.1) is 0 Å². The maximum Gasteiger partial charge on any atom is 0.216 e. The molecule has 3 fully saturated rings. The molecule has 2 aliphatic heterocycles. The van der Waals surface area contributed by atoms with Crippen molar-refractivity contribution in [2.45, 2.75) is 50.3 Å². The molecule has 0 radical (unpaired) electrons. The first-order valence-electron chi connectivity index (χ1n) is 7.01. The summed E-state index contributed by atoms with van der Waals surface area (Å²) in [6.45, 7) is 2.05. The molecule has 6 heteroatoms. The van der Waals surface area contributed by atoms with Gasteiger partial charge in [0, 0.05) is 12.6 Å². The summed E-state index contributed by atoms with van der Waals surface area (Å²) in [7, 11) is -3.13. The Bertz CT molecular complexity index is 392. The Kier molecular flexibility index (Phi) is 3.62. The van der Waals surface area contributed by atoms with Crippen LogP contribution in [0, 0.1) is 0 Å². The molecule has 0 aromatic carbocycles. The van der Waals surface area contributed by atoms with Crippen molar-refractivity contribution < 1.29 is 13.2 Å². The molecular weight excluding hydrogens is 252 g/mol. The standard InChI is InChI=1S/C12H22N2O3S/c15-18(16,9-10-3-2-6-13-10)14-7-8-17-12-5-1-4-11(12)14/h10-13H,1-9H2. The van der Waals surface area contributed by atoms with Crippen molar-refractivity contribution in [3.63, 3.8) is 0 Å². The van der Waals surface area contributed by atoms with Crippen molar-refractivity contribution in [1.29, 1.82) is 0 Å². The van der Waals surface area contributed by atoms with Gasteiger partial charge < -0.3 is 10.1 Å². The van der Waals surface area contributed by atoms with E-state index in [4.69, 9.17) is 4.74 Å². The third-order valence-electron chi connectivity index (χ3n) is 4.36. The van der Waals surface area contributed by atoms with E-state index < -0.39 is 10.0 Å². The molecule has 2 saturated heterocycles. The monoisotopic (exact) mass is 274 g/mol. The molecular formula is C12H22N2O3S. The summed E-state index contributed by atoms with van der Waals surface area (Å²) in [5, 5.41) is 3.27. The molecule has 3 unspecified atom stereocenters. The van der Waals surface area contributed by atoms with E-state index in [0.717, 1.165) is 38.6 Å². The maximum atomic E-state index is 12.5. The van der Waals surface area contributed by atoms with Gasteiger partial charge in [-0.25, -0.2) is 8.42 Å². The third-order valence-corrected chi connectivity index (χ3v) is 6.35. The van der Waals surface area contributed by atoms with Crippen LogP contribution in [-0.2, 0) is 14.8 Å². The third kappa shape index (κ3) is 2.43. The predicted molar refractivity (Wildman–Crippen MR) is 68.9 cm³/mol. The largest absolute Gasteiger partial charge is 0.375 e. The van der Waals surface area contributed by atoms with E-state index in [2.05, 4.69) is 5.32 Å². The lowest BCUT2D eigenvalue weighted by molar-refractivity contribution is -0.0242. The fraction of sp³-hybridized carbons (Fsp3) is 1.00. The van der Waals surface area contributed by atoms with Crippen LogP contribution >= 0.6 is 0 Å². The van der Waals surface area contributed by atoms with Crippen molar-refractivity contribution in [3.8, 4) is 0 Å². The lowest BCUT2D eigenvalue weighted by atomic mass is 10.2. The molecule has 18 heavy (non-hydrogen) atoms. The van der Waals surface area contributed by atoms with Gasteiger partial charge in [-0.2, -0.15) is 4.31 Å². The average Bonchev–Trinajstić information content (AvgIpc) is 2.97. The highest BCUT2D eigenvalue weighted by molar-refractivity contribution is 7.89. The first-order chi connectivity index (χ1) is 8.67. The number of nitrogens with one attached hydrogen (secondary N) is 1. The Hall–Kier alpha value is -0.170. The second kappa shape index (κ2) is 5.07. The summed E-state index contributed by atoms with van der Waals surface area (Å²) >= 11 is 0. The number of morpholine rings is 1. The summed E-state index contributed by atoms with van der Waals surface area (Å²) in [6.07, 6.45) is 5.28. The van der Waals surface area contributed by atoms with Gasteiger partial charge in [-0.05, 0) is 38.6 Å². The zero-order valence-electron chi connectivity index (χ0n) is 10.7. The van der Waals surface area contributed by atoms with Gasteiger partial charge in [-0.1, -0.05) is 0 Å². The number of fused-ring (bicyclic) bond motifs is 1. The summed E-state index contributed by atoms with van der Waals surface area (Å²) in [6, 6.07) is 0.253. The molecule has 0 bridgehead atoms. The van der Waals surface area contributed by atoms with Crippen LogP contribution in [0.15, 0.2) is 0 Å². The molecule has 104 valence electrons. The van der Waals surface area contributed by atoms with Crippen molar-refractivity contribution in [2.75, 3.05) is 25.4 Å². The van der Waals surface area contributed by atoms with E-state index in [1.165, 1.54) is 0 Å². The maximum absolute atomic E-state index is 12.5. The van der Waals surface area contributed by atoms with E-state index in [9.17, 15) is 8.42 Å². The topological polar surface area (TPSA) is 58.6 Å². The van der Waals surface area contributed by atoms with Crippen molar-refractivity contribution in [2.24, 2.45) is 0 Å². The summed E-state index contributed by atoms with van der Waals surface area (Å²) in [5.74, 6) is 0.260. The molecule has 0 aromatic heterocycles. The Balaban J connectivity index is 1.71. The molecule has 3 rings (SSSR count). The van der Waals surface area contributed by atoms with E-state index in [1.807, 2.05) is 0 Å². The van der Waals surface area contributed by atoms with E-state index >= 15 is 0 Å². The predicted octanol–water partition coefficient (Wildman–Crippen LogP) is 0.321. The van der Waals surface area contributed by atoms with Gasteiger partial charge in [0.15, 0.2) is 0 Å². The summed E-state index contributed by atoms with van der Waals surface area (Å²) in [4.78, 5) is 0. The zero-order valence-corrected chi connectivity index (χ0v) is 11.5. The second-order valence-corrected chi connectivity index (χ2v) is 7.56. The summed E-state index contributed by atoms with van der Waals surface area (Å²) in [5.41, 5.74) is 0. The van der Waals surface area contributed by atoms with Crippen LogP contribution in [0.3, 0.4) is 0 Å².